The lowest BCUT2D eigenvalue weighted by atomic mass is 10.2. The summed E-state index contributed by atoms with van der Waals surface area (Å²) in [5.74, 6) is 0.864. The SMILES string of the molecule is Cc1csc(-n2nnc(C(=O)N3CCN(c4ccccn4)CC3)c2C)n1. The van der Waals surface area contributed by atoms with E-state index in [-0.39, 0.29) is 5.91 Å². The van der Waals surface area contributed by atoms with Gasteiger partial charge in [0.15, 0.2) is 5.69 Å². The maximum atomic E-state index is 12.9. The molecule has 1 saturated heterocycles. The number of amides is 1. The number of hydrogen-bond acceptors (Lipinski definition) is 7. The van der Waals surface area contributed by atoms with Gasteiger partial charge in [-0.3, -0.25) is 4.79 Å². The van der Waals surface area contributed by atoms with E-state index in [0.717, 1.165) is 35.4 Å². The summed E-state index contributed by atoms with van der Waals surface area (Å²) in [5.41, 5.74) is 2.04. The zero-order valence-electron chi connectivity index (χ0n) is 14.7. The molecule has 1 aliphatic heterocycles. The van der Waals surface area contributed by atoms with E-state index in [0.29, 0.717) is 18.8 Å². The number of carbonyl (C=O) groups is 1. The van der Waals surface area contributed by atoms with Crippen LogP contribution in [0.3, 0.4) is 0 Å². The summed E-state index contributed by atoms with van der Waals surface area (Å²) in [6.07, 6.45) is 1.79. The van der Waals surface area contributed by atoms with E-state index in [1.165, 1.54) is 11.3 Å². The van der Waals surface area contributed by atoms with Gasteiger partial charge in [-0.2, -0.15) is 4.68 Å². The van der Waals surface area contributed by atoms with E-state index in [2.05, 4.69) is 25.2 Å². The predicted molar refractivity (Wildman–Crippen MR) is 98.9 cm³/mol. The van der Waals surface area contributed by atoms with Crippen LogP contribution in [0.5, 0.6) is 0 Å². The Balaban J connectivity index is 1.47. The Hall–Kier alpha value is -2.81. The molecule has 0 spiro atoms. The largest absolute Gasteiger partial charge is 0.353 e. The molecule has 0 N–H and O–H groups in total. The highest BCUT2D eigenvalue weighted by atomic mass is 32.1. The Morgan fingerprint density at radius 1 is 1.15 bits per heavy atom. The van der Waals surface area contributed by atoms with Gasteiger partial charge in [0.05, 0.1) is 11.4 Å². The average molecular weight is 369 g/mol. The number of aryl methyl sites for hydroxylation is 1. The average Bonchev–Trinajstić information content (AvgIpc) is 3.27. The van der Waals surface area contributed by atoms with Gasteiger partial charge >= 0.3 is 0 Å². The summed E-state index contributed by atoms with van der Waals surface area (Å²) >= 11 is 1.49. The van der Waals surface area contributed by atoms with Crippen molar-refractivity contribution in [1.82, 2.24) is 29.9 Å². The molecule has 0 unspecified atom stereocenters. The first-order valence-corrected chi connectivity index (χ1v) is 9.31. The fraction of sp³-hybridized carbons (Fsp3) is 0.353. The number of aromatic nitrogens is 5. The third-order valence-corrected chi connectivity index (χ3v) is 5.36. The Kier molecular flexibility index (Phi) is 4.37. The number of rotatable bonds is 3. The van der Waals surface area contributed by atoms with E-state index in [4.69, 9.17) is 0 Å². The number of piperazine rings is 1. The van der Waals surface area contributed by atoms with E-state index in [9.17, 15) is 4.79 Å². The molecule has 0 aliphatic carbocycles. The van der Waals surface area contributed by atoms with Crippen molar-refractivity contribution in [3.8, 4) is 5.13 Å². The molecule has 0 bridgehead atoms. The van der Waals surface area contributed by atoms with Crippen molar-refractivity contribution in [2.24, 2.45) is 0 Å². The van der Waals surface area contributed by atoms with Crippen LogP contribution in [0.4, 0.5) is 5.82 Å². The summed E-state index contributed by atoms with van der Waals surface area (Å²) in [6.45, 7) is 6.56. The number of nitrogens with zero attached hydrogens (tertiary/aromatic N) is 7. The van der Waals surface area contributed by atoms with Gasteiger partial charge in [-0.1, -0.05) is 11.3 Å². The molecule has 0 aromatic carbocycles. The van der Waals surface area contributed by atoms with E-state index >= 15 is 0 Å². The van der Waals surface area contributed by atoms with E-state index in [1.54, 1.807) is 10.9 Å². The second kappa shape index (κ2) is 6.83. The molecule has 26 heavy (non-hydrogen) atoms. The number of pyridine rings is 1. The van der Waals surface area contributed by atoms with E-state index in [1.807, 2.05) is 42.3 Å². The van der Waals surface area contributed by atoms with Crippen LogP contribution >= 0.6 is 11.3 Å². The maximum Gasteiger partial charge on any atom is 0.276 e. The Morgan fingerprint density at radius 2 is 1.96 bits per heavy atom. The molecule has 9 heteroatoms. The first-order valence-electron chi connectivity index (χ1n) is 8.43. The van der Waals surface area contributed by atoms with Gasteiger partial charge in [0.25, 0.3) is 5.91 Å². The van der Waals surface area contributed by atoms with Crippen molar-refractivity contribution in [3.05, 3.63) is 46.9 Å². The molecule has 1 amide bonds. The number of thiazole rings is 1. The molecule has 0 saturated carbocycles. The fourth-order valence-corrected chi connectivity index (χ4v) is 3.78. The van der Waals surface area contributed by atoms with Crippen LogP contribution in [0.2, 0.25) is 0 Å². The molecule has 134 valence electrons. The van der Waals surface area contributed by atoms with Crippen LogP contribution in [-0.2, 0) is 0 Å². The second-order valence-electron chi connectivity index (χ2n) is 6.17. The lowest BCUT2D eigenvalue weighted by Crippen LogP contribution is -2.49. The van der Waals surface area contributed by atoms with Crippen molar-refractivity contribution >= 4 is 23.1 Å². The van der Waals surface area contributed by atoms with Gasteiger partial charge in [-0.15, -0.1) is 16.4 Å². The third-order valence-electron chi connectivity index (χ3n) is 4.43. The first-order chi connectivity index (χ1) is 12.6. The highest BCUT2D eigenvalue weighted by Crippen LogP contribution is 2.19. The van der Waals surface area contributed by atoms with Crippen LogP contribution in [0.1, 0.15) is 21.9 Å². The highest BCUT2D eigenvalue weighted by molar-refractivity contribution is 7.12. The summed E-state index contributed by atoms with van der Waals surface area (Å²) in [6, 6.07) is 5.87. The Bertz CT molecular complexity index is 912. The molecular formula is C17H19N7OS. The molecular weight excluding hydrogens is 350 g/mol. The minimum Gasteiger partial charge on any atom is -0.353 e. The predicted octanol–water partition coefficient (Wildman–Crippen LogP) is 1.70. The standard InChI is InChI=1S/C17H19N7OS/c1-12-11-26-17(19-12)24-13(2)15(20-21-24)16(25)23-9-7-22(8-10-23)14-5-3-4-6-18-14/h3-6,11H,7-10H2,1-2H3. The highest BCUT2D eigenvalue weighted by Gasteiger charge is 2.27. The second-order valence-corrected chi connectivity index (χ2v) is 7.01. The molecule has 3 aromatic rings. The van der Waals surface area contributed by atoms with Gasteiger partial charge < -0.3 is 9.80 Å². The van der Waals surface area contributed by atoms with Crippen molar-refractivity contribution in [1.29, 1.82) is 0 Å². The van der Waals surface area contributed by atoms with Gasteiger partial charge in [0.2, 0.25) is 5.13 Å². The quantitative estimate of drug-likeness (QED) is 0.699. The van der Waals surface area contributed by atoms with Crippen molar-refractivity contribution < 1.29 is 4.79 Å². The molecule has 0 radical (unpaired) electrons. The summed E-state index contributed by atoms with van der Waals surface area (Å²) < 4.78 is 1.63. The molecule has 1 aliphatic rings. The molecule has 0 atom stereocenters. The summed E-state index contributed by atoms with van der Waals surface area (Å²) in [5, 5.41) is 10.9. The van der Waals surface area contributed by atoms with Crippen LogP contribution < -0.4 is 4.90 Å². The molecule has 1 fully saturated rings. The number of carbonyl (C=O) groups excluding carboxylic acids is 1. The smallest absolute Gasteiger partial charge is 0.276 e. The molecule has 8 nitrogen and oxygen atoms in total. The minimum atomic E-state index is -0.0808. The van der Waals surface area contributed by atoms with Crippen molar-refractivity contribution in [3.63, 3.8) is 0 Å². The van der Waals surface area contributed by atoms with Gasteiger partial charge in [-0.25, -0.2) is 9.97 Å². The van der Waals surface area contributed by atoms with Gasteiger partial charge in [-0.05, 0) is 26.0 Å². The first kappa shape index (κ1) is 16.6. The van der Waals surface area contributed by atoms with Crippen LogP contribution in [0, 0.1) is 13.8 Å². The minimum absolute atomic E-state index is 0.0808. The lowest BCUT2D eigenvalue weighted by Gasteiger charge is -2.35. The molecule has 3 aromatic heterocycles. The van der Waals surface area contributed by atoms with Gasteiger partial charge in [0.1, 0.15) is 5.82 Å². The Labute approximate surface area is 155 Å². The van der Waals surface area contributed by atoms with Crippen molar-refractivity contribution in [2.75, 3.05) is 31.1 Å². The summed E-state index contributed by atoms with van der Waals surface area (Å²) in [4.78, 5) is 25.7. The monoisotopic (exact) mass is 369 g/mol. The molecule has 4 heterocycles. The lowest BCUT2D eigenvalue weighted by molar-refractivity contribution is 0.0739. The van der Waals surface area contributed by atoms with Gasteiger partial charge in [0, 0.05) is 37.8 Å². The molecule has 4 rings (SSSR count). The van der Waals surface area contributed by atoms with Crippen molar-refractivity contribution in [2.45, 2.75) is 13.8 Å². The van der Waals surface area contributed by atoms with Crippen LogP contribution in [0.15, 0.2) is 29.8 Å². The zero-order valence-corrected chi connectivity index (χ0v) is 15.5. The van der Waals surface area contributed by atoms with E-state index < -0.39 is 0 Å². The number of hydrogen-bond donors (Lipinski definition) is 0. The zero-order chi connectivity index (χ0) is 18.1. The van der Waals surface area contributed by atoms with Crippen LogP contribution in [0.25, 0.3) is 5.13 Å². The van der Waals surface area contributed by atoms with Crippen LogP contribution in [-0.4, -0.2) is 61.9 Å². The fourth-order valence-electron chi connectivity index (χ4n) is 2.98. The normalized spacial score (nSPS) is 14.7. The Morgan fingerprint density at radius 3 is 2.62 bits per heavy atom. The maximum absolute atomic E-state index is 12.9. The number of anilines is 1. The third kappa shape index (κ3) is 3.05. The topological polar surface area (TPSA) is 80.0 Å². The summed E-state index contributed by atoms with van der Waals surface area (Å²) in [7, 11) is 0.